The summed E-state index contributed by atoms with van der Waals surface area (Å²) in [5, 5.41) is 8.05. The van der Waals surface area contributed by atoms with Gasteiger partial charge in [0.05, 0.1) is 11.6 Å². The summed E-state index contributed by atoms with van der Waals surface area (Å²) in [6.07, 6.45) is 1.57. The molecule has 0 bridgehead atoms. The predicted octanol–water partition coefficient (Wildman–Crippen LogP) is 1.91. The van der Waals surface area contributed by atoms with Crippen molar-refractivity contribution in [2.45, 2.75) is 6.54 Å². The van der Waals surface area contributed by atoms with Gasteiger partial charge in [-0.15, -0.1) is 0 Å². The van der Waals surface area contributed by atoms with Crippen molar-refractivity contribution in [2.24, 2.45) is 0 Å². The van der Waals surface area contributed by atoms with E-state index in [4.69, 9.17) is 0 Å². The smallest absolute Gasteiger partial charge is 0.321 e. The molecule has 1 N–H and O–H groups in total. The van der Waals surface area contributed by atoms with Crippen molar-refractivity contribution in [1.82, 2.24) is 19.6 Å². The molecule has 2 aromatic carbocycles. The molecule has 1 aliphatic heterocycles. The summed E-state index contributed by atoms with van der Waals surface area (Å²) in [4.78, 5) is 40.7. The Kier molecular flexibility index (Phi) is 5.42. The molecule has 2 heterocycles. The third-order valence-corrected chi connectivity index (χ3v) is 5.06. The number of urea groups is 1. The van der Waals surface area contributed by atoms with Crippen LogP contribution in [-0.4, -0.2) is 57.7 Å². The normalized spacial score (nSPS) is 14.0. The van der Waals surface area contributed by atoms with Gasteiger partial charge < -0.3 is 15.1 Å². The second-order valence-corrected chi connectivity index (χ2v) is 7.00. The van der Waals surface area contributed by atoms with Gasteiger partial charge in [0.2, 0.25) is 5.91 Å². The van der Waals surface area contributed by atoms with Crippen molar-refractivity contribution in [3.8, 4) is 0 Å². The fourth-order valence-corrected chi connectivity index (χ4v) is 3.36. The molecule has 0 spiro atoms. The van der Waals surface area contributed by atoms with E-state index in [1.54, 1.807) is 34.2 Å². The first kappa shape index (κ1) is 19.6. The number of nitrogens with one attached hydrogen (secondary N) is 1. The molecule has 0 saturated carbocycles. The number of amides is 3. The molecule has 1 saturated heterocycles. The van der Waals surface area contributed by atoms with Gasteiger partial charge in [-0.1, -0.05) is 18.2 Å². The lowest BCUT2D eigenvalue weighted by Gasteiger charge is -2.34. The number of nitrogens with zero attached hydrogens (tertiary/aromatic N) is 4. The number of hydrogen-bond acceptors (Lipinski definition) is 4. The molecular weight excluding hydrogens is 389 g/mol. The number of hydrogen-bond donors (Lipinski definition) is 1. The predicted molar refractivity (Wildman–Crippen MR) is 110 cm³/mol. The molecule has 8 nitrogen and oxygen atoms in total. The summed E-state index contributed by atoms with van der Waals surface area (Å²) in [6, 6.07) is 12.3. The Hall–Kier alpha value is -3.75. The number of piperazine rings is 1. The van der Waals surface area contributed by atoms with E-state index >= 15 is 0 Å². The number of aromatic nitrogens is 2. The van der Waals surface area contributed by atoms with Gasteiger partial charge in [-0.25, -0.2) is 13.9 Å². The monoisotopic (exact) mass is 409 g/mol. The molecule has 1 fully saturated rings. The molecule has 1 aromatic heterocycles. The topological polar surface area (TPSA) is 87.5 Å². The summed E-state index contributed by atoms with van der Waals surface area (Å²) >= 11 is 0. The summed E-state index contributed by atoms with van der Waals surface area (Å²) in [5.74, 6) is -0.599. The van der Waals surface area contributed by atoms with Crippen LogP contribution in [0.3, 0.4) is 0 Å². The zero-order valence-electron chi connectivity index (χ0n) is 16.1. The van der Waals surface area contributed by atoms with Crippen molar-refractivity contribution in [2.75, 3.05) is 31.5 Å². The summed E-state index contributed by atoms with van der Waals surface area (Å²) in [5.41, 5.74) is 0.195. The maximum absolute atomic E-state index is 13.0. The second kappa shape index (κ2) is 8.32. The minimum absolute atomic E-state index is 0.147. The molecule has 154 valence electrons. The zero-order valence-corrected chi connectivity index (χ0v) is 16.1. The van der Waals surface area contributed by atoms with Crippen LogP contribution < -0.4 is 10.9 Å². The summed E-state index contributed by atoms with van der Waals surface area (Å²) < 4.78 is 14.1. The first-order valence-corrected chi connectivity index (χ1v) is 9.55. The third-order valence-electron chi connectivity index (χ3n) is 5.06. The van der Waals surface area contributed by atoms with Gasteiger partial charge >= 0.3 is 6.03 Å². The number of rotatable bonds is 3. The highest BCUT2D eigenvalue weighted by atomic mass is 19.1. The van der Waals surface area contributed by atoms with E-state index in [1.807, 2.05) is 6.07 Å². The van der Waals surface area contributed by atoms with Gasteiger partial charge in [-0.2, -0.15) is 5.10 Å². The molecule has 3 amide bonds. The fourth-order valence-electron chi connectivity index (χ4n) is 3.36. The molecule has 9 heteroatoms. The molecule has 4 rings (SSSR count). The van der Waals surface area contributed by atoms with Crippen molar-refractivity contribution < 1.29 is 14.0 Å². The lowest BCUT2D eigenvalue weighted by molar-refractivity contribution is -0.133. The highest BCUT2D eigenvalue weighted by Gasteiger charge is 2.24. The Bertz CT molecular complexity index is 1140. The number of halogens is 1. The zero-order chi connectivity index (χ0) is 21.1. The van der Waals surface area contributed by atoms with Crippen LogP contribution in [0, 0.1) is 5.82 Å². The lowest BCUT2D eigenvalue weighted by Crippen LogP contribution is -2.52. The van der Waals surface area contributed by atoms with Crippen LogP contribution in [-0.2, 0) is 11.3 Å². The van der Waals surface area contributed by atoms with Gasteiger partial charge in [0, 0.05) is 37.3 Å². The molecule has 1 aliphatic rings. The third kappa shape index (κ3) is 4.14. The average Bonchev–Trinajstić information content (AvgIpc) is 2.77. The Morgan fingerprint density at radius 3 is 2.37 bits per heavy atom. The number of anilines is 1. The highest BCUT2D eigenvalue weighted by Crippen LogP contribution is 2.11. The largest absolute Gasteiger partial charge is 0.338 e. The van der Waals surface area contributed by atoms with Crippen LogP contribution in [0.1, 0.15) is 0 Å². The van der Waals surface area contributed by atoms with Crippen LogP contribution >= 0.6 is 0 Å². The quantitative estimate of drug-likeness (QED) is 0.716. The number of fused-ring (bicyclic) bond motifs is 1. The van der Waals surface area contributed by atoms with Crippen molar-refractivity contribution in [3.05, 3.63) is 70.9 Å². The molecule has 0 atom stereocenters. The van der Waals surface area contributed by atoms with Gasteiger partial charge in [0.15, 0.2) is 0 Å². The van der Waals surface area contributed by atoms with E-state index in [-0.39, 0.29) is 29.9 Å². The Morgan fingerprint density at radius 2 is 1.63 bits per heavy atom. The SMILES string of the molecule is O=C(Cn1ncc2ccccc2c1=O)N1CCN(C(=O)Nc2ccc(F)cc2)CC1. The van der Waals surface area contributed by atoms with E-state index in [2.05, 4.69) is 10.4 Å². The standard InChI is InChI=1S/C21H20FN5O3/c22-16-5-7-17(8-6-16)24-21(30)26-11-9-25(10-12-26)19(28)14-27-20(29)18-4-2-1-3-15(18)13-23-27/h1-8,13H,9-12,14H2,(H,24,30). The van der Waals surface area contributed by atoms with Gasteiger partial charge in [-0.3, -0.25) is 9.59 Å². The van der Waals surface area contributed by atoms with Crippen LogP contribution in [0.15, 0.2) is 59.5 Å². The fraction of sp³-hybridized carbons (Fsp3) is 0.238. The van der Waals surface area contributed by atoms with Crippen LogP contribution in [0.4, 0.5) is 14.9 Å². The van der Waals surface area contributed by atoms with Crippen molar-refractivity contribution in [3.63, 3.8) is 0 Å². The van der Waals surface area contributed by atoms with Crippen LogP contribution in [0.25, 0.3) is 10.8 Å². The van der Waals surface area contributed by atoms with E-state index in [0.29, 0.717) is 37.3 Å². The van der Waals surface area contributed by atoms with Crippen LogP contribution in [0.2, 0.25) is 0 Å². The van der Waals surface area contributed by atoms with E-state index < -0.39 is 0 Å². The molecular formula is C21H20FN5O3. The minimum atomic E-state index is -0.375. The van der Waals surface area contributed by atoms with E-state index in [1.165, 1.54) is 24.3 Å². The number of carbonyl (C=O) groups is 2. The Balaban J connectivity index is 1.34. The van der Waals surface area contributed by atoms with Crippen molar-refractivity contribution >= 4 is 28.4 Å². The number of carbonyl (C=O) groups excluding carboxylic acids is 2. The van der Waals surface area contributed by atoms with Gasteiger partial charge in [0.25, 0.3) is 5.56 Å². The average molecular weight is 409 g/mol. The van der Waals surface area contributed by atoms with E-state index in [9.17, 15) is 18.8 Å². The molecule has 0 aliphatic carbocycles. The number of benzene rings is 2. The summed E-state index contributed by atoms with van der Waals surface area (Å²) in [6.45, 7) is 1.29. The maximum Gasteiger partial charge on any atom is 0.321 e. The lowest BCUT2D eigenvalue weighted by atomic mass is 10.2. The Morgan fingerprint density at radius 1 is 0.967 bits per heavy atom. The molecule has 0 radical (unpaired) electrons. The minimum Gasteiger partial charge on any atom is -0.338 e. The van der Waals surface area contributed by atoms with Crippen molar-refractivity contribution in [1.29, 1.82) is 0 Å². The van der Waals surface area contributed by atoms with E-state index in [0.717, 1.165) is 10.1 Å². The molecule has 0 unspecified atom stereocenters. The van der Waals surface area contributed by atoms with Gasteiger partial charge in [-0.05, 0) is 30.3 Å². The highest BCUT2D eigenvalue weighted by molar-refractivity contribution is 5.89. The van der Waals surface area contributed by atoms with Crippen LogP contribution in [0.5, 0.6) is 0 Å². The molecule has 30 heavy (non-hydrogen) atoms. The van der Waals surface area contributed by atoms with Gasteiger partial charge in [0.1, 0.15) is 12.4 Å². The molecule has 3 aromatic rings. The maximum atomic E-state index is 13.0. The first-order chi connectivity index (χ1) is 14.5. The second-order valence-electron chi connectivity index (χ2n) is 7.00. The summed E-state index contributed by atoms with van der Waals surface area (Å²) in [7, 11) is 0. The Labute approximate surface area is 171 Å². The first-order valence-electron chi connectivity index (χ1n) is 9.55.